The molecule has 3 nitrogen and oxygen atoms in total. The highest BCUT2D eigenvalue weighted by Gasteiger charge is 2.18. The van der Waals surface area contributed by atoms with Gasteiger partial charge in [-0.05, 0) is 18.6 Å². The van der Waals surface area contributed by atoms with Gasteiger partial charge in [0, 0.05) is 0 Å². The Hall–Kier alpha value is -1.56. The molecule has 0 unspecified atom stereocenters. The zero-order valence-electron chi connectivity index (χ0n) is 9.27. The molecule has 1 aromatic rings. The molecule has 0 aliphatic carbocycles. The fourth-order valence-corrected chi connectivity index (χ4v) is 1.29. The number of hydrogen-bond acceptors (Lipinski definition) is 2. The van der Waals surface area contributed by atoms with E-state index in [1.54, 1.807) is 0 Å². The van der Waals surface area contributed by atoms with E-state index in [0.717, 1.165) is 12.1 Å². The average Bonchev–Trinajstić information content (AvgIpc) is 2.30. The Balaban J connectivity index is 2.82. The highest BCUT2D eigenvalue weighted by molar-refractivity contribution is 5.94. The molecule has 1 amide bonds. The number of hydrogen-bond donors (Lipinski definition) is 2. The molecule has 6 heteroatoms. The van der Waals surface area contributed by atoms with Gasteiger partial charge in [-0.25, -0.2) is 13.2 Å². The minimum absolute atomic E-state index is 0.416. The van der Waals surface area contributed by atoms with E-state index in [4.69, 9.17) is 5.73 Å². The Kier molecular flexibility index (Phi) is 4.51. The van der Waals surface area contributed by atoms with Crippen LogP contribution >= 0.6 is 0 Å². The molecule has 3 N–H and O–H groups in total. The second-order valence-electron chi connectivity index (χ2n) is 3.61. The molecule has 0 aliphatic rings. The van der Waals surface area contributed by atoms with Gasteiger partial charge >= 0.3 is 0 Å². The Bertz CT molecular complexity index is 423. The molecule has 0 aliphatic heterocycles. The summed E-state index contributed by atoms with van der Waals surface area (Å²) in [5.41, 5.74) is 5.08. The number of benzene rings is 1. The Labute approximate surface area is 96.8 Å². The third kappa shape index (κ3) is 3.20. The monoisotopic (exact) mass is 246 g/mol. The molecule has 0 spiro atoms. The molecule has 1 rings (SSSR count). The molecule has 94 valence electrons. The second kappa shape index (κ2) is 5.67. The van der Waals surface area contributed by atoms with E-state index >= 15 is 0 Å². The van der Waals surface area contributed by atoms with E-state index in [1.165, 1.54) is 0 Å². The summed E-state index contributed by atoms with van der Waals surface area (Å²) in [6.45, 7) is 1.84. The average molecular weight is 246 g/mol. The van der Waals surface area contributed by atoms with Crippen molar-refractivity contribution in [3.05, 3.63) is 29.6 Å². The molecule has 0 aromatic heterocycles. The normalized spacial score (nSPS) is 12.3. The maximum atomic E-state index is 13.2. The van der Waals surface area contributed by atoms with Crippen LogP contribution in [0.25, 0.3) is 0 Å². The predicted molar refractivity (Wildman–Crippen MR) is 57.8 cm³/mol. The van der Waals surface area contributed by atoms with Crippen LogP contribution in [0.15, 0.2) is 12.1 Å². The Morgan fingerprint density at radius 3 is 2.59 bits per heavy atom. The van der Waals surface area contributed by atoms with E-state index in [2.05, 4.69) is 5.32 Å². The highest BCUT2D eigenvalue weighted by Crippen LogP contribution is 2.19. The van der Waals surface area contributed by atoms with Crippen LogP contribution < -0.4 is 11.1 Å². The predicted octanol–water partition coefficient (Wildman–Crippen LogP) is 2.17. The van der Waals surface area contributed by atoms with E-state index in [-0.39, 0.29) is 0 Å². The van der Waals surface area contributed by atoms with Gasteiger partial charge in [-0.15, -0.1) is 0 Å². The van der Waals surface area contributed by atoms with Crippen molar-refractivity contribution in [3.63, 3.8) is 0 Å². The van der Waals surface area contributed by atoms with E-state index < -0.39 is 35.1 Å². The minimum atomic E-state index is -1.62. The molecular formula is C11H13F3N2O. The van der Waals surface area contributed by atoms with E-state index in [9.17, 15) is 18.0 Å². The first-order valence-electron chi connectivity index (χ1n) is 5.17. The van der Waals surface area contributed by atoms with Crippen molar-refractivity contribution in [1.29, 1.82) is 0 Å². The molecule has 0 bridgehead atoms. The summed E-state index contributed by atoms with van der Waals surface area (Å²) in [6.07, 6.45) is 1.12. The standard InChI is InChI=1S/C11H13F3N2O/c1-2-3-7(15)11(17)16-8-5-4-6(12)9(13)10(8)14/h4-5,7H,2-3,15H2,1H3,(H,16,17)/t7-/m0/s1. The van der Waals surface area contributed by atoms with Crippen molar-refractivity contribution in [2.75, 3.05) is 5.32 Å². The number of anilines is 1. The molecule has 1 aromatic carbocycles. The zero-order chi connectivity index (χ0) is 13.0. The topological polar surface area (TPSA) is 55.1 Å². The van der Waals surface area contributed by atoms with Gasteiger partial charge < -0.3 is 11.1 Å². The van der Waals surface area contributed by atoms with Gasteiger partial charge in [-0.3, -0.25) is 4.79 Å². The van der Waals surface area contributed by atoms with Crippen LogP contribution in [0.4, 0.5) is 18.9 Å². The van der Waals surface area contributed by atoms with Gasteiger partial charge in [0.05, 0.1) is 11.7 Å². The van der Waals surface area contributed by atoms with Crippen LogP contribution in [0.5, 0.6) is 0 Å². The second-order valence-corrected chi connectivity index (χ2v) is 3.61. The van der Waals surface area contributed by atoms with Gasteiger partial charge in [0.15, 0.2) is 17.5 Å². The van der Waals surface area contributed by atoms with E-state index in [1.807, 2.05) is 6.92 Å². The van der Waals surface area contributed by atoms with Crippen molar-refractivity contribution >= 4 is 11.6 Å². The van der Waals surface area contributed by atoms with Crippen molar-refractivity contribution in [2.45, 2.75) is 25.8 Å². The largest absolute Gasteiger partial charge is 0.322 e. The molecule has 0 radical (unpaired) electrons. The van der Waals surface area contributed by atoms with Gasteiger partial charge in [-0.1, -0.05) is 13.3 Å². The number of nitrogens with two attached hydrogens (primary N) is 1. The zero-order valence-corrected chi connectivity index (χ0v) is 9.27. The van der Waals surface area contributed by atoms with Gasteiger partial charge in [0.2, 0.25) is 5.91 Å². The number of carbonyl (C=O) groups excluding carboxylic acids is 1. The lowest BCUT2D eigenvalue weighted by Crippen LogP contribution is -2.35. The summed E-state index contributed by atoms with van der Waals surface area (Å²) in [4.78, 5) is 11.4. The first-order valence-corrected chi connectivity index (χ1v) is 5.17. The highest BCUT2D eigenvalue weighted by atomic mass is 19.2. The van der Waals surface area contributed by atoms with Crippen LogP contribution in [0.3, 0.4) is 0 Å². The third-order valence-electron chi connectivity index (χ3n) is 2.23. The van der Waals surface area contributed by atoms with Crippen LogP contribution in [0, 0.1) is 17.5 Å². The summed E-state index contributed by atoms with van der Waals surface area (Å²) in [6, 6.07) is 0.886. The number of nitrogens with one attached hydrogen (secondary N) is 1. The first kappa shape index (κ1) is 13.5. The van der Waals surface area contributed by atoms with Crippen molar-refractivity contribution in [2.24, 2.45) is 5.73 Å². The lowest BCUT2D eigenvalue weighted by Gasteiger charge is -2.12. The first-order chi connectivity index (χ1) is 7.97. The summed E-state index contributed by atoms with van der Waals surface area (Å²) in [5, 5.41) is 2.12. The molecule has 1 atom stereocenters. The van der Waals surface area contributed by atoms with Crippen LogP contribution in [-0.4, -0.2) is 11.9 Å². The fraction of sp³-hybridized carbons (Fsp3) is 0.364. The van der Waals surface area contributed by atoms with Gasteiger partial charge in [0.1, 0.15) is 0 Å². The molecule has 0 fully saturated rings. The third-order valence-corrected chi connectivity index (χ3v) is 2.23. The van der Waals surface area contributed by atoms with Crippen molar-refractivity contribution in [3.8, 4) is 0 Å². The summed E-state index contributed by atoms with van der Waals surface area (Å²) < 4.78 is 38.7. The van der Waals surface area contributed by atoms with Crippen molar-refractivity contribution < 1.29 is 18.0 Å². The number of rotatable bonds is 4. The minimum Gasteiger partial charge on any atom is -0.322 e. The van der Waals surface area contributed by atoms with Crippen LogP contribution in [0.2, 0.25) is 0 Å². The number of halogens is 3. The fourth-order valence-electron chi connectivity index (χ4n) is 1.29. The molecule has 0 heterocycles. The molecule has 0 saturated heterocycles. The number of amides is 1. The van der Waals surface area contributed by atoms with Crippen molar-refractivity contribution in [1.82, 2.24) is 0 Å². The summed E-state index contributed by atoms with van der Waals surface area (Å²) in [5.74, 6) is -4.98. The SMILES string of the molecule is CCC[C@H](N)C(=O)Nc1ccc(F)c(F)c1F. The summed E-state index contributed by atoms with van der Waals surface area (Å²) in [7, 11) is 0. The Morgan fingerprint density at radius 1 is 1.35 bits per heavy atom. The van der Waals surface area contributed by atoms with E-state index in [0.29, 0.717) is 12.8 Å². The molecule has 0 saturated carbocycles. The summed E-state index contributed by atoms with van der Waals surface area (Å²) >= 11 is 0. The molecule has 17 heavy (non-hydrogen) atoms. The van der Waals surface area contributed by atoms with Gasteiger partial charge in [0.25, 0.3) is 0 Å². The van der Waals surface area contributed by atoms with Gasteiger partial charge in [-0.2, -0.15) is 0 Å². The number of carbonyl (C=O) groups is 1. The lowest BCUT2D eigenvalue weighted by atomic mass is 10.1. The van der Waals surface area contributed by atoms with Crippen LogP contribution in [0.1, 0.15) is 19.8 Å². The quantitative estimate of drug-likeness (QED) is 0.800. The molecular weight excluding hydrogens is 233 g/mol. The van der Waals surface area contributed by atoms with Crippen LogP contribution in [-0.2, 0) is 4.79 Å². The maximum absolute atomic E-state index is 13.2. The Morgan fingerprint density at radius 2 is 2.00 bits per heavy atom. The lowest BCUT2D eigenvalue weighted by molar-refractivity contribution is -0.117. The smallest absolute Gasteiger partial charge is 0.241 e. The maximum Gasteiger partial charge on any atom is 0.241 e.